The number of fused-ring (bicyclic) bond motifs is 1. The number of para-hydroxylation sites is 1. The van der Waals surface area contributed by atoms with Gasteiger partial charge in [-0.2, -0.15) is 0 Å². The molecule has 3 aromatic rings. The molecule has 1 heterocycles. The third-order valence-corrected chi connectivity index (χ3v) is 5.26. The van der Waals surface area contributed by atoms with Crippen molar-refractivity contribution in [2.75, 3.05) is 13.2 Å². The Balaban J connectivity index is 2.16. The summed E-state index contributed by atoms with van der Waals surface area (Å²) in [5.41, 5.74) is 5.95. The van der Waals surface area contributed by atoms with E-state index in [9.17, 15) is 12.8 Å². The molecule has 0 saturated heterocycles. The van der Waals surface area contributed by atoms with Gasteiger partial charge in [0.25, 0.3) is 0 Å². The van der Waals surface area contributed by atoms with E-state index in [1.165, 1.54) is 24.4 Å². The zero-order chi connectivity index (χ0) is 16.4. The summed E-state index contributed by atoms with van der Waals surface area (Å²) in [6, 6.07) is 10.4. The second-order valence-corrected chi connectivity index (χ2v) is 6.79. The summed E-state index contributed by atoms with van der Waals surface area (Å²) in [7, 11) is -3.98. The highest BCUT2D eigenvalue weighted by Gasteiger charge is 2.25. The van der Waals surface area contributed by atoms with Crippen LogP contribution in [0.5, 0.6) is 5.75 Å². The summed E-state index contributed by atoms with van der Waals surface area (Å²) in [6.07, 6.45) is 1.35. The van der Waals surface area contributed by atoms with Crippen molar-refractivity contribution in [1.82, 2.24) is 4.98 Å². The monoisotopic (exact) mass is 334 g/mol. The molecule has 1 aromatic heterocycles. The first-order chi connectivity index (χ1) is 11.1. The van der Waals surface area contributed by atoms with Gasteiger partial charge in [0.2, 0.25) is 9.84 Å². The zero-order valence-corrected chi connectivity index (χ0v) is 12.9. The van der Waals surface area contributed by atoms with Crippen molar-refractivity contribution in [2.45, 2.75) is 9.79 Å². The third kappa shape index (κ3) is 2.69. The molecular formula is C16H15FN2O3S. The fraction of sp³-hybridized carbons (Fsp3) is 0.125. The maximum absolute atomic E-state index is 13.9. The van der Waals surface area contributed by atoms with Crippen LogP contribution < -0.4 is 10.5 Å². The van der Waals surface area contributed by atoms with E-state index in [0.29, 0.717) is 29.8 Å². The van der Waals surface area contributed by atoms with Crippen LogP contribution in [0.3, 0.4) is 0 Å². The van der Waals surface area contributed by atoms with Crippen LogP contribution in [-0.2, 0) is 9.84 Å². The average Bonchev–Trinajstić information content (AvgIpc) is 2.98. The second kappa shape index (κ2) is 6.02. The highest BCUT2D eigenvalue weighted by Crippen LogP contribution is 2.33. The Morgan fingerprint density at radius 3 is 2.61 bits per heavy atom. The van der Waals surface area contributed by atoms with Crippen molar-refractivity contribution in [3.05, 3.63) is 54.5 Å². The number of aromatic amines is 1. The zero-order valence-electron chi connectivity index (χ0n) is 12.1. The molecule has 7 heteroatoms. The minimum atomic E-state index is -3.98. The van der Waals surface area contributed by atoms with Crippen molar-refractivity contribution >= 4 is 20.7 Å². The number of hydrogen-bond donors (Lipinski definition) is 2. The third-order valence-electron chi connectivity index (χ3n) is 3.43. The van der Waals surface area contributed by atoms with Crippen molar-refractivity contribution in [3.63, 3.8) is 0 Å². The summed E-state index contributed by atoms with van der Waals surface area (Å²) in [5, 5.41) is 0.447. The number of rotatable bonds is 5. The van der Waals surface area contributed by atoms with Gasteiger partial charge >= 0.3 is 0 Å². The van der Waals surface area contributed by atoms with E-state index in [-0.39, 0.29) is 9.79 Å². The Bertz CT molecular complexity index is 951. The van der Waals surface area contributed by atoms with Crippen LogP contribution in [0.2, 0.25) is 0 Å². The summed E-state index contributed by atoms with van der Waals surface area (Å²) in [6.45, 7) is 0.658. The smallest absolute Gasteiger partial charge is 0.211 e. The highest BCUT2D eigenvalue weighted by molar-refractivity contribution is 7.91. The minimum absolute atomic E-state index is 0.01000. The Morgan fingerprint density at radius 2 is 1.87 bits per heavy atom. The van der Waals surface area contributed by atoms with Gasteiger partial charge in [-0.05, 0) is 18.2 Å². The average molecular weight is 334 g/mol. The van der Waals surface area contributed by atoms with E-state index in [2.05, 4.69) is 4.98 Å². The SMILES string of the molecule is NCCOc1cccc2c(S(=O)(=O)c3ccccc3F)c[nH]c12. The van der Waals surface area contributed by atoms with Crippen molar-refractivity contribution in [2.24, 2.45) is 5.73 Å². The van der Waals surface area contributed by atoms with Crippen LogP contribution in [0.1, 0.15) is 0 Å². The van der Waals surface area contributed by atoms with Crippen LogP contribution in [0.4, 0.5) is 4.39 Å². The van der Waals surface area contributed by atoms with Crippen LogP contribution in [-0.4, -0.2) is 26.6 Å². The summed E-state index contributed by atoms with van der Waals surface area (Å²) in [4.78, 5) is 2.55. The van der Waals surface area contributed by atoms with E-state index in [4.69, 9.17) is 10.5 Å². The molecule has 0 bridgehead atoms. The minimum Gasteiger partial charge on any atom is -0.490 e. The number of sulfone groups is 1. The molecule has 120 valence electrons. The number of ether oxygens (including phenoxy) is 1. The molecule has 3 rings (SSSR count). The molecule has 23 heavy (non-hydrogen) atoms. The van der Waals surface area contributed by atoms with Crippen LogP contribution in [0.25, 0.3) is 10.9 Å². The quantitative estimate of drug-likeness (QED) is 0.751. The van der Waals surface area contributed by atoms with Gasteiger partial charge < -0.3 is 15.5 Å². The number of nitrogens with two attached hydrogens (primary N) is 1. The maximum atomic E-state index is 13.9. The van der Waals surface area contributed by atoms with E-state index in [1.54, 1.807) is 18.2 Å². The van der Waals surface area contributed by atoms with E-state index in [0.717, 1.165) is 6.07 Å². The van der Waals surface area contributed by atoms with Crippen LogP contribution in [0, 0.1) is 5.82 Å². The van der Waals surface area contributed by atoms with Gasteiger partial charge in [0.15, 0.2) is 0 Å². The Labute approximate surface area is 132 Å². The lowest BCUT2D eigenvalue weighted by atomic mass is 10.2. The topological polar surface area (TPSA) is 85.2 Å². The fourth-order valence-electron chi connectivity index (χ4n) is 2.39. The standard InChI is InChI=1S/C16H15FN2O3S/c17-12-5-1-2-7-14(12)23(20,21)15-10-19-16-11(15)4-3-6-13(16)22-9-8-18/h1-7,10,19H,8-9,18H2. The van der Waals surface area contributed by atoms with Gasteiger partial charge in [-0.1, -0.05) is 24.3 Å². The van der Waals surface area contributed by atoms with Gasteiger partial charge in [0, 0.05) is 18.1 Å². The molecule has 0 amide bonds. The van der Waals surface area contributed by atoms with Gasteiger partial charge in [-0.3, -0.25) is 0 Å². The molecule has 2 aromatic carbocycles. The summed E-state index contributed by atoms with van der Waals surface area (Å²) >= 11 is 0. The molecule has 0 radical (unpaired) electrons. The molecule has 5 nitrogen and oxygen atoms in total. The largest absolute Gasteiger partial charge is 0.490 e. The molecule has 0 atom stereocenters. The maximum Gasteiger partial charge on any atom is 0.211 e. The number of hydrogen-bond acceptors (Lipinski definition) is 4. The van der Waals surface area contributed by atoms with Gasteiger partial charge in [0.05, 0.1) is 10.4 Å². The van der Waals surface area contributed by atoms with Gasteiger partial charge in [-0.15, -0.1) is 0 Å². The molecule has 3 N–H and O–H groups in total. The van der Waals surface area contributed by atoms with Crippen molar-refractivity contribution < 1.29 is 17.5 Å². The highest BCUT2D eigenvalue weighted by atomic mass is 32.2. The van der Waals surface area contributed by atoms with Crippen LogP contribution in [0.15, 0.2) is 58.5 Å². The van der Waals surface area contributed by atoms with E-state index < -0.39 is 15.7 Å². The fourth-order valence-corrected chi connectivity index (χ4v) is 3.89. The Hall–Kier alpha value is -2.38. The van der Waals surface area contributed by atoms with Crippen molar-refractivity contribution in [3.8, 4) is 5.75 Å². The molecule has 0 unspecified atom stereocenters. The molecule has 0 saturated carbocycles. The lowest BCUT2D eigenvalue weighted by molar-refractivity contribution is 0.331. The lowest BCUT2D eigenvalue weighted by Crippen LogP contribution is -2.10. The van der Waals surface area contributed by atoms with Crippen molar-refractivity contribution in [1.29, 1.82) is 0 Å². The molecule has 0 aliphatic rings. The first kappa shape index (κ1) is 15.5. The molecule has 0 aliphatic carbocycles. The second-order valence-electron chi connectivity index (χ2n) is 4.90. The first-order valence-electron chi connectivity index (χ1n) is 6.98. The number of aromatic nitrogens is 1. The molecule has 0 aliphatic heterocycles. The normalized spacial score (nSPS) is 11.7. The number of nitrogens with one attached hydrogen (secondary N) is 1. The van der Waals surface area contributed by atoms with Gasteiger partial charge in [0.1, 0.15) is 23.1 Å². The predicted molar refractivity (Wildman–Crippen MR) is 84.7 cm³/mol. The summed E-state index contributed by atoms with van der Waals surface area (Å²) in [5.74, 6) is -0.277. The lowest BCUT2D eigenvalue weighted by Gasteiger charge is -2.07. The van der Waals surface area contributed by atoms with E-state index in [1.807, 2.05) is 0 Å². The number of benzene rings is 2. The Morgan fingerprint density at radius 1 is 1.09 bits per heavy atom. The first-order valence-corrected chi connectivity index (χ1v) is 8.46. The van der Waals surface area contributed by atoms with Crippen LogP contribution >= 0.6 is 0 Å². The van der Waals surface area contributed by atoms with E-state index >= 15 is 0 Å². The molecule has 0 fully saturated rings. The number of halogens is 1. The summed E-state index contributed by atoms with van der Waals surface area (Å²) < 4.78 is 44.9. The number of H-pyrrole nitrogens is 1. The molecule has 0 spiro atoms. The Kier molecular flexibility index (Phi) is 4.06. The predicted octanol–water partition coefficient (Wildman–Crippen LogP) is 2.48. The molecular weight excluding hydrogens is 319 g/mol. The van der Waals surface area contributed by atoms with Gasteiger partial charge in [-0.25, -0.2) is 12.8 Å².